The molecule has 18 heavy (non-hydrogen) atoms. The molecule has 2 N–H and O–H groups in total. The van der Waals surface area contributed by atoms with Gasteiger partial charge in [0.15, 0.2) is 0 Å². The van der Waals surface area contributed by atoms with Crippen molar-refractivity contribution in [2.45, 2.75) is 13.0 Å². The standard InChI is InChI=1S/C12H11Cl2N3O/c1-7(10-4-5-16-12(15)17-10)18-11-3-2-8(13)6-9(11)14/h2-7H,1H3,(H2,15,16,17)/t7-/m1/s1. The van der Waals surface area contributed by atoms with Crippen LogP contribution in [0.15, 0.2) is 30.5 Å². The Bertz CT molecular complexity index is 563. The Kier molecular flexibility index (Phi) is 3.89. The van der Waals surface area contributed by atoms with E-state index >= 15 is 0 Å². The summed E-state index contributed by atoms with van der Waals surface area (Å²) in [6.45, 7) is 1.85. The lowest BCUT2D eigenvalue weighted by Gasteiger charge is -2.15. The Balaban J connectivity index is 2.18. The van der Waals surface area contributed by atoms with Crippen molar-refractivity contribution in [3.05, 3.63) is 46.2 Å². The lowest BCUT2D eigenvalue weighted by Crippen LogP contribution is -2.07. The number of aromatic nitrogens is 2. The van der Waals surface area contributed by atoms with Gasteiger partial charge in [0.2, 0.25) is 5.95 Å². The summed E-state index contributed by atoms with van der Waals surface area (Å²) in [6.07, 6.45) is 1.30. The van der Waals surface area contributed by atoms with E-state index in [9.17, 15) is 0 Å². The minimum absolute atomic E-state index is 0.213. The SMILES string of the molecule is C[C@@H](Oc1ccc(Cl)cc1Cl)c1ccnc(N)n1. The number of nitrogens with zero attached hydrogens (tertiary/aromatic N) is 2. The van der Waals surface area contributed by atoms with Crippen LogP contribution in [0.1, 0.15) is 18.7 Å². The molecule has 2 aromatic rings. The van der Waals surface area contributed by atoms with Crippen molar-refractivity contribution in [3.8, 4) is 5.75 Å². The van der Waals surface area contributed by atoms with Crippen molar-refractivity contribution >= 4 is 29.2 Å². The summed E-state index contributed by atoms with van der Waals surface area (Å²) in [7, 11) is 0. The predicted octanol–water partition coefficient (Wildman–Crippen LogP) is 3.51. The Labute approximate surface area is 115 Å². The molecule has 4 nitrogen and oxygen atoms in total. The molecule has 1 heterocycles. The zero-order chi connectivity index (χ0) is 13.1. The molecule has 6 heteroatoms. The highest BCUT2D eigenvalue weighted by Gasteiger charge is 2.11. The summed E-state index contributed by atoms with van der Waals surface area (Å²) in [4.78, 5) is 7.92. The van der Waals surface area contributed by atoms with Crippen LogP contribution in [0.25, 0.3) is 0 Å². The first-order valence-electron chi connectivity index (χ1n) is 5.26. The van der Waals surface area contributed by atoms with Gasteiger partial charge in [-0.1, -0.05) is 23.2 Å². The van der Waals surface area contributed by atoms with E-state index in [1.165, 1.54) is 0 Å². The van der Waals surface area contributed by atoms with E-state index in [1.807, 2.05) is 6.92 Å². The van der Waals surface area contributed by atoms with Crippen LogP contribution >= 0.6 is 23.2 Å². The summed E-state index contributed by atoms with van der Waals surface area (Å²) >= 11 is 11.8. The monoisotopic (exact) mass is 283 g/mol. The molecule has 0 fully saturated rings. The zero-order valence-electron chi connectivity index (χ0n) is 9.60. The fraction of sp³-hybridized carbons (Fsp3) is 0.167. The summed E-state index contributed by atoms with van der Waals surface area (Å²) in [5.41, 5.74) is 6.21. The zero-order valence-corrected chi connectivity index (χ0v) is 11.1. The number of hydrogen-bond donors (Lipinski definition) is 1. The average Bonchev–Trinajstić information content (AvgIpc) is 2.32. The van der Waals surface area contributed by atoms with E-state index in [4.69, 9.17) is 33.7 Å². The van der Waals surface area contributed by atoms with E-state index in [1.54, 1.807) is 30.5 Å². The molecule has 0 radical (unpaired) electrons. The number of anilines is 1. The van der Waals surface area contributed by atoms with Gasteiger partial charge in [0.1, 0.15) is 11.9 Å². The van der Waals surface area contributed by atoms with Gasteiger partial charge >= 0.3 is 0 Å². The van der Waals surface area contributed by atoms with Crippen molar-refractivity contribution in [1.82, 2.24) is 9.97 Å². The van der Waals surface area contributed by atoms with Gasteiger partial charge in [0.25, 0.3) is 0 Å². The van der Waals surface area contributed by atoms with Gasteiger partial charge in [-0.2, -0.15) is 0 Å². The van der Waals surface area contributed by atoms with Crippen LogP contribution in [0.5, 0.6) is 5.75 Å². The predicted molar refractivity (Wildman–Crippen MR) is 71.9 cm³/mol. The molecule has 0 bridgehead atoms. The van der Waals surface area contributed by atoms with Crippen LogP contribution in [0.3, 0.4) is 0 Å². The maximum Gasteiger partial charge on any atom is 0.220 e. The molecular weight excluding hydrogens is 273 g/mol. The van der Waals surface area contributed by atoms with Crippen molar-refractivity contribution in [2.24, 2.45) is 0 Å². The van der Waals surface area contributed by atoms with Gasteiger partial charge in [-0.05, 0) is 31.2 Å². The molecule has 0 aliphatic carbocycles. The van der Waals surface area contributed by atoms with E-state index in [0.29, 0.717) is 21.5 Å². The quantitative estimate of drug-likeness (QED) is 0.937. The van der Waals surface area contributed by atoms with Crippen LogP contribution in [0, 0.1) is 0 Å². The third kappa shape index (κ3) is 3.03. The minimum Gasteiger partial charge on any atom is -0.483 e. The fourth-order valence-corrected chi connectivity index (χ4v) is 1.89. The molecule has 94 valence electrons. The fourth-order valence-electron chi connectivity index (χ4n) is 1.44. The summed E-state index contributed by atoms with van der Waals surface area (Å²) in [5, 5.41) is 1.02. The molecule has 0 amide bonds. The maximum atomic E-state index is 6.03. The Morgan fingerprint density at radius 3 is 2.72 bits per heavy atom. The molecule has 0 saturated heterocycles. The van der Waals surface area contributed by atoms with E-state index < -0.39 is 0 Å². The van der Waals surface area contributed by atoms with Gasteiger partial charge in [0.05, 0.1) is 10.7 Å². The largest absolute Gasteiger partial charge is 0.483 e. The van der Waals surface area contributed by atoms with Gasteiger partial charge < -0.3 is 10.5 Å². The molecule has 1 atom stereocenters. The molecule has 0 unspecified atom stereocenters. The van der Waals surface area contributed by atoms with Crippen LogP contribution in [-0.2, 0) is 0 Å². The first-order chi connectivity index (χ1) is 8.56. The second kappa shape index (κ2) is 5.42. The van der Waals surface area contributed by atoms with E-state index in [-0.39, 0.29) is 12.1 Å². The molecule has 2 rings (SSSR count). The number of ether oxygens (including phenoxy) is 1. The highest BCUT2D eigenvalue weighted by Crippen LogP contribution is 2.30. The van der Waals surface area contributed by atoms with Crippen molar-refractivity contribution in [2.75, 3.05) is 5.73 Å². The number of hydrogen-bond acceptors (Lipinski definition) is 4. The third-order valence-corrected chi connectivity index (χ3v) is 2.84. The number of nitrogens with two attached hydrogens (primary N) is 1. The molecule has 0 aliphatic heterocycles. The number of rotatable bonds is 3. The number of nitrogen functional groups attached to an aromatic ring is 1. The molecule has 0 saturated carbocycles. The topological polar surface area (TPSA) is 61.0 Å². The Hall–Kier alpha value is -1.52. The Morgan fingerprint density at radius 2 is 2.06 bits per heavy atom. The maximum absolute atomic E-state index is 6.03. The van der Waals surface area contributed by atoms with Crippen molar-refractivity contribution in [1.29, 1.82) is 0 Å². The molecule has 0 spiro atoms. The normalized spacial score (nSPS) is 12.2. The Morgan fingerprint density at radius 1 is 1.28 bits per heavy atom. The van der Waals surface area contributed by atoms with E-state index in [0.717, 1.165) is 0 Å². The molecule has 1 aromatic carbocycles. The minimum atomic E-state index is -0.283. The molecular formula is C12H11Cl2N3O. The van der Waals surface area contributed by atoms with Crippen LogP contribution < -0.4 is 10.5 Å². The summed E-state index contributed by atoms with van der Waals surface area (Å²) in [5.74, 6) is 0.760. The van der Waals surface area contributed by atoms with Gasteiger partial charge in [-0.15, -0.1) is 0 Å². The lowest BCUT2D eigenvalue weighted by molar-refractivity contribution is 0.222. The highest BCUT2D eigenvalue weighted by molar-refractivity contribution is 6.35. The van der Waals surface area contributed by atoms with Gasteiger partial charge in [-0.25, -0.2) is 9.97 Å². The third-order valence-electron chi connectivity index (χ3n) is 2.31. The van der Waals surface area contributed by atoms with Crippen LogP contribution in [-0.4, -0.2) is 9.97 Å². The lowest BCUT2D eigenvalue weighted by atomic mass is 10.2. The average molecular weight is 284 g/mol. The first-order valence-corrected chi connectivity index (χ1v) is 6.02. The van der Waals surface area contributed by atoms with Gasteiger partial charge in [0, 0.05) is 11.2 Å². The first kappa shape index (κ1) is 12.9. The van der Waals surface area contributed by atoms with Crippen molar-refractivity contribution in [3.63, 3.8) is 0 Å². The van der Waals surface area contributed by atoms with Gasteiger partial charge in [-0.3, -0.25) is 0 Å². The molecule has 1 aromatic heterocycles. The number of halogens is 2. The van der Waals surface area contributed by atoms with Crippen LogP contribution in [0.4, 0.5) is 5.95 Å². The van der Waals surface area contributed by atoms with Crippen LogP contribution in [0.2, 0.25) is 10.0 Å². The highest BCUT2D eigenvalue weighted by atomic mass is 35.5. The number of benzene rings is 1. The summed E-state index contributed by atoms with van der Waals surface area (Å²) < 4.78 is 5.70. The van der Waals surface area contributed by atoms with Crippen molar-refractivity contribution < 1.29 is 4.74 Å². The van der Waals surface area contributed by atoms with E-state index in [2.05, 4.69) is 9.97 Å². The second-order valence-electron chi connectivity index (χ2n) is 3.67. The second-order valence-corrected chi connectivity index (χ2v) is 4.52. The molecule has 0 aliphatic rings. The summed E-state index contributed by atoms with van der Waals surface area (Å²) in [6, 6.07) is 6.79. The smallest absolute Gasteiger partial charge is 0.220 e.